The third-order valence-electron chi connectivity index (χ3n) is 2.33. The summed E-state index contributed by atoms with van der Waals surface area (Å²) < 4.78 is 5.06. The predicted molar refractivity (Wildman–Crippen MR) is 70.9 cm³/mol. The van der Waals surface area contributed by atoms with Gasteiger partial charge >= 0.3 is 0 Å². The molecule has 0 spiro atoms. The first-order valence-corrected chi connectivity index (χ1v) is 5.59. The second kappa shape index (κ2) is 6.20. The fourth-order valence-corrected chi connectivity index (χ4v) is 1.50. The molecular formula is C12H16N2O2S. The van der Waals surface area contributed by atoms with E-state index in [1.54, 1.807) is 19.1 Å². The first-order valence-electron chi connectivity index (χ1n) is 5.18. The van der Waals surface area contributed by atoms with Crippen molar-refractivity contribution in [2.45, 2.75) is 13.0 Å². The minimum absolute atomic E-state index is 0.0756. The van der Waals surface area contributed by atoms with Gasteiger partial charge in [-0.05, 0) is 17.7 Å². The maximum absolute atomic E-state index is 11.6. The van der Waals surface area contributed by atoms with Gasteiger partial charge in [0, 0.05) is 13.6 Å². The summed E-state index contributed by atoms with van der Waals surface area (Å²) in [6.45, 7) is 0.533. The first-order chi connectivity index (χ1) is 8.02. The van der Waals surface area contributed by atoms with Crippen LogP contribution in [0.1, 0.15) is 12.0 Å². The molecule has 0 aliphatic carbocycles. The van der Waals surface area contributed by atoms with Gasteiger partial charge in [-0.25, -0.2) is 0 Å². The van der Waals surface area contributed by atoms with Crippen LogP contribution in [0.25, 0.3) is 0 Å². The number of amides is 1. The number of rotatable bonds is 5. The standard InChI is InChI=1S/C12H16N2O2S/c1-14(12(15)7-11(13)17)8-9-3-5-10(16-2)6-4-9/h3-6H,7-8H2,1-2H3,(H2,13,17). The van der Waals surface area contributed by atoms with E-state index in [-0.39, 0.29) is 17.3 Å². The normalized spacial score (nSPS) is 9.76. The van der Waals surface area contributed by atoms with Crippen molar-refractivity contribution >= 4 is 23.1 Å². The Bertz CT molecular complexity index is 403. The number of benzene rings is 1. The molecule has 4 nitrogen and oxygen atoms in total. The van der Waals surface area contributed by atoms with Gasteiger partial charge in [0.1, 0.15) is 5.75 Å². The number of hydrogen-bond acceptors (Lipinski definition) is 3. The van der Waals surface area contributed by atoms with E-state index in [9.17, 15) is 4.79 Å². The first kappa shape index (κ1) is 13.4. The molecule has 92 valence electrons. The number of ether oxygens (including phenoxy) is 1. The molecule has 0 atom stereocenters. The molecule has 1 aromatic rings. The van der Waals surface area contributed by atoms with E-state index < -0.39 is 0 Å². The lowest BCUT2D eigenvalue weighted by Crippen LogP contribution is -2.29. The number of carbonyl (C=O) groups excluding carboxylic acids is 1. The van der Waals surface area contributed by atoms with Gasteiger partial charge in [0.2, 0.25) is 5.91 Å². The van der Waals surface area contributed by atoms with Gasteiger partial charge in [-0.1, -0.05) is 24.4 Å². The molecule has 0 bridgehead atoms. The highest BCUT2D eigenvalue weighted by atomic mass is 32.1. The van der Waals surface area contributed by atoms with Crippen molar-refractivity contribution in [3.63, 3.8) is 0 Å². The monoisotopic (exact) mass is 252 g/mol. The highest BCUT2D eigenvalue weighted by Crippen LogP contribution is 2.12. The quantitative estimate of drug-likeness (QED) is 0.803. The molecule has 17 heavy (non-hydrogen) atoms. The maximum Gasteiger partial charge on any atom is 0.229 e. The van der Waals surface area contributed by atoms with Gasteiger partial charge in [0.15, 0.2) is 0 Å². The Labute approximate surface area is 106 Å². The number of thiocarbonyl (C=S) groups is 1. The largest absolute Gasteiger partial charge is 0.497 e. The molecule has 0 radical (unpaired) electrons. The van der Waals surface area contributed by atoms with E-state index in [1.165, 1.54) is 0 Å². The van der Waals surface area contributed by atoms with Crippen LogP contribution >= 0.6 is 12.2 Å². The number of hydrogen-bond donors (Lipinski definition) is 1. The Morgan fingerprint density at radius 1 is 1.41 bits per heavy atom. The molecule has 0 fully saturated rings. The van der Waals surface area contributed by atoms with Crippen molar-refractivity contribution in [2.75, 3.05) is 14.2 Å². The average Bonchev–Trinajstić information content (AvgIpc) is 2.29. The fraction of sp³-hybridized carbons (Fsp3) is 0.333. The molecular weight excluding hydrogens is 236 g/mol. The van der Waals surface area contributed by atoms with E-state index in [4.69, 9.17) is 22.7 Å². The minimum atomic E-state index is -0.0756. The van der Waals surface area contributed by atoms with E-state index >= 15 is 0 Å². The maximum atomic E-state index is 11.6. The van der Waals surface area contributed by atoms with E-state index in [1.807, 2.05) is 24.3 Å². The second-order valence-corrected chi connectivity index (χ2v) is 4.27. The Hall–Kier alpha value is -1.62. The van der Waals surface area contributed by atoms with Crippen LogP contribution in [0.2, 0.25) is 0 Å². The molecule has 0 unspecified atom stereocenters. The van der Waals surface area contributed by atoms with Crippen LogP contribution in [0.3, 0.4) is 0 Å². The molecule has 0 heterocycles. The molecule has 0 saturated carbocycles. The molecule has 2 N–H and O–H groups in total. The van der Waals surface area contributed by atoms with Gasteiger partial charge in [-0.2, -0.15) is 0 Å². The Morgan fingerprint density at radius 2 is 2.00 bits per heavy atom. The molecule has 0 aliphatic heterocycles. The summed E-state index contributed by atoms with van der Waals surface area (Å²) in [7, 11) is 3.34. The molecule has 0 saturated heterocycles. The van der Waals surface area contributed by atoms with Crippen LogP contribution in [-0.2, 0) is 11.3 Å². The van der Waals surface area contributed by atoms with Crippen molar-refractivity contribution < 1.29 is 9.53 Å². The molecule has 1 amide bonds. The topological polar surface area (TPSA) is 55.6 Å². The summed E-state index contributed by atoms with van der Waals surface area (Å²) in [5.41, 5.74) is 6.36. The van der Waals surface area contributed by atoms with Gasteiger partial charge in [-0.3, -0.25) is 4.79 Å². The fourth-order valence-electron chi connectivity index (χ4n) is 1.38. The third-order valence-corrected chi connectivity index (χ3v) is 2.47. The van der Waals surface area contributed by atoms with Crippen molar-refractivity contribution in [3.05, 3.63) is 29.8 Å². The Kier molecular flexibility index (Phi) is 4.90. The average molecular weight is 252 g/mol. The lowest BCUT2D eigenvalue weighted by molar-refractivity contribution is -0.129. The number of nitrogens with two attached hydrogens (primary N) is 1. The number of carbonyl (C=O) groups is 1. The molecule has 0 aromatic heterocycles. The zero-order valence-corrected chi connectivity index (χ0v) is 10.8. The van der Waals surface area contributed by atoms with Crippen LogP contribution in [0.4, 0.5) is 0 Å². The Balaban J connectivity index is 2.57. The number of nitrogens with zero attached hydrogens (tertiary/aromatic N) is 1. The zero-order valence-electron chi connectivity index (χ0n) is 9.97. The highest BCUT2D eigenvalue weighted by molar-refractivity contribution is 7.80. The summed E-state index contributed by atoms with van der Waals surface area (Å²) >= 11 is 4.70. The van der Waals surface area contributed by atoms with Crippen LogP contribution < -0.4 is 10.5 Å². The summed E-state index contributed by atoms with van der Waals surface area (Å²) in [5.74, 6) is 0.721. The minimum Gasteiger partial charge on any atom is -0.497 e. The van der Waals surface area contributed by atoms with Crippen LogP contribution in [-0.4, -0.2) is 30.0 Å². The zero-order chi connectivity index (χ0) is 12.8. The SMILES string of the molecule is COc1ccc(CN(C)C(=O)CC(N)=S)cc1. The van der Waals surface area contributed by atoms with Crippen molar-refractivity contribution in [1.29, 1.82) is 0 Å². The van der Waals surface area contributed by atoms with Crippen LogP contribution in [0.5, 0.6) is 5.75 Å². The highest BCUT2D eigenvalue weighted by Gasteiger charge is 2.10. The van der Waals surface area contributed by atoms with E-state index in [0.29, 0.717) is 6.54 Å². The number of methoxy groups -OCH3 is 1. The predicted octanol–water partition coefficient (Wildman–Crippen LogP) is 1.33. The van der Waals surface area contributed by atoms with E-state index in [0.717, 1.165) is 11.3 Å². The summed E-state index contributed by atoms with van der Waals surface area (Å²) in [5, 5.41) is 0. The van der Waals surface area contributed by atoms with Crippen LogP contribution in [0.15, 0.2) is 24.3 Å². The van der Waals surface area contributed by atoms with Gasteiger partial charge in [0.05, 0.1) is 18.5 Å². The molecule has 0 aliphatic rings. The lowest BCUT2D eigenvalue weighted by atomic mass is 10.2. The van der Waals surface area contributed by atoms with Crippen molar-refractivity contribution in [1.82, 2.24) is 4.90 Å². The second-order valence-electron chi connectivity index (χ2n) is 3.74. The van der Waals surface area contributed by atoms with Gasteiger partial charge < -0.3 is 15.4 Å². The summed E-state index contributed by atoms with van der Waals surface area (Å²) in [4.78, 5) is 13.4. The third kappa shape index (κ3) is 4.40. The molecule has 1 aromatic carbocycles. The molecule has 5 heteroatoms. The summed E-state index contributed by atoms with van der Waals surface area (Å²) in [6, 6.07) is 7.56. The Morgan fingerprint density at radius 3 is 2.47 bits per heavy atom. The molecule has 1 rings (SSSR count). The van der Waals surface area contributed by atoms with Crippen LogP contribution in [0, 0.1) is 0 Å². The lowest BCUT2D eigenvalue weighted by Gasteiger charge is -2.17. The van der Waals surface area contributed by atoms with Gasteiger partial charge in [-0.15, -0.1) is 0 Å². The smallest absolute Gasteiger partial charge is 0.229 e. The van der Waals surface area contributed by atoms with Gasteiger partial charge in [0.25, 0.3) is 0 Å². The van der Waals surface area contributed by atoms with Crippen molar-refractivity contribution in [2.24, 2.45) is 5.73 Å². The summed E-state index contributed by atoms with van der Waals surface area (Å²) in [6.07, 6.45) is 0.113. The van der Waals surface area contributed by atoms with E-state index in [2.05, 4.69) is 0 Å². The van der Waals surface area contributed by atoms with Crippen molar-refractivity contribution in [3.8, 4) is 5.75 Å².